The molecule has 1 aliphatic rings. The molecule has 0 saturated carbocycles. The van der Waals surface area contributed by atoms with Gasteiger partial charge in [0.05, 0.1) is 32.2 Å². The number of anilines is 1. The number of hydrogen-bond donors (Lipinski definition) is 2. The molecule has 0 spiro atoms. The van der Waals surface area contributed by atoms with E-state index in [0.29, 0.717) is 6.54 Å². The number of benzene rings is 1. The van der Waals surface area contributed by atoms with Gasteiger partial charge in [0.1, 0.15) is 0 Å². The van der Waals surface area contributed by atoms with Gasteiger partial charge >= 0.3 is 0 Å². The van der Waals surface area contributed by atoms with E-state index in [1.807, 2.05) is 42.6 Å². The van der Waals surface area contributed by atoms with E-state index >= 15 is 0 Å². The van der Waals surface area contributed by atoms with Gasteiger partial charge in [0, 0.05) is 16.1 Å². The van der Waals surface area contributed by atoms with Crippen LogP contribution in [0.3, 0.4) is 0 Å². The highest BCUT2D eigenvalue weighted by Gasteiger charge is 2.23. The van der Waals surface area contributed by atoms with Crippen molar-refractivity contribution in [1.29, 1.82) is 0 Å². The first kappa shape index (κ1) is 18.6. The number of thiophene rings is 1. The predicted molar refractivity (Wildman–Crippen MR) is 105 cm³/mol. The minimum atomic E-state index is 0.0722. The molecule has 2 N–H and O–H groups in total. The molecule has 2 aromatic rings. The zero-order valence-electron chi connectivity index (χ0n) is 15.3. The van der Waals surface area contributed by atoms with Crippen LogP contribution in [0.1, 0.15) is 35.1 Å². The number of ketones is 1. The van der Waals surface area contributed by atoms with E-state index in [1.165, 1.54) is 9.78 Å². The lowest BCUT2D eigenvalue weighted by molar-refractivity contribution is -0.892. The molecule has 1 aliphatic heterocycles. The van der Waals surface area contributed by atoms with E-state index in [4.69, 9.17) is 0 Å². The average molecular weight is 373 g/mol. The summed E-state index contributed by atoms with van der Waals surface area (Å²) in [6.45, 7) is 7.85. The van der Waals surface area contributed by atoms with Crippen LogP contribution in [-0.4, -0.2) is 44.4 Å². The van der Waals surface area contributed by atoms with Crippen molar-refractivity contribution >= 4 is 28.7 Å². The molecule has 138 valence electrons. The maximum atomic E-state index is 12.3. The molecule has 1 amide bonds. The van der Waals surface area contributed by atoms with Crippen molar-refractivity contribution in [3.05, 3.63) is 52.2 Å². The first-order valence-electron chi connectivity index (χ1n) is 9.05. The van der Waals surface area contributed by atoms with Crippen LogP contribution in [0.25, 0.3) is 0 Å². The van der Waals surface area contributed by atoms with Crippen LogP contribution >= 0.6 is 11.3 Å². The molecule has 3 rings (SSSR count). The molecular weight excluding hydrogens is 346 g/mol. The number of rotatable bonds is 6. The number of amides is 1. The summed E-state index contributed by atoms with van der Waals surface area (Å²) in [5.74, 6) is 0.203. The third-order valence-electron chi connectivity index (χ3n) is 4.87. The number of nitrogens with one attached hydrogen (secondary N) is 2. The maximum absolute atomic E-state index is 12.3. The summed E-state index contributed by atoms with van der Waals surface area (Å²) >= 11 is 1.67. The maximum Gasteiger partial charge on any atom is 0.275 e. The fourth-order valence-electron chi connectivity index (χ4n) is 3.29. The summed E-state index contributed by atoms with van der Waals surface area (Å²) in [7, 11) is 0. The van der Waals surface area contributed by atoms with Crippen LogP contribution in [0.5, 0.6) is 0 Å². The Kier molecular flexibility index (Phi) is 6.06. The molecule has 1 aromatic heterocycles. The van der Waals surface area contributed by atoms with Crippen LogP contribution in [0.15, 0.2) is 41.8 Å². The van der Waals surface area contributed by atoms with Gasteiger partial charge in [-0.15, -0.1) is 11.3 Å². The van der Waals surface area contributed by atoms with Crippen molar-refractivity contribution in [2.45, 2.75) is 19.9 Å². The molecule has 6 heteroatoms. The second-order valence-electron chi connectivity index (χ2n) is 6.82. The number of carbonyl (C=O) groups is 2. The number of quaternary nitrogens is 1. The second kappa shape index (κ2) is 8.47. The molecular formula is C20H26N3O2S+. The third-order valence-corrected chi connectivity index (χ3v) is 5.92. The molecule has 5 nitrogen and oxygen atoms in total. The molecule has 0 radical (unpaired) electrons. The van der Waals surface area contributed by atoms with Gasteiger partial charge in [-0.3, -0.25) is 9.59 Å². The third kappa shape index (κ3) is 4.71. The highest BCUT2D eigenvalue weighted by molar-refractivity contribution is 7.10. The van der Waals surface area contributed by atoms with Gasteiger partial charge in [-0.1, -0.05) is 6.07 Å². The Hall–Kier alpha value is -2.18. The van der Waals surface area contributed by atoms with Gasteiger partial charge in [0.25, 0.3) is 5.91 Å². The summed E-state index contributed by atoms with van der Waals surface area (Å²) in [6.07, 6.45) is 0. The van der Waals surface area contributed by atoms with Gasteiger partial charge in [-0.05, 0) is 49.6 Å². The van der Waals surface area contributed by atoms with Crippen molar-refractivity contribution in [3.8, 4) is 0 Å². The number of nitrogens with zero attached hydrogens (tertiary/aromatic N) is 1. The lowest BCUT2D eigenvalue weighted by atomic mass is 10.1. The largest absolute Gasteiger partial charge is 0.360 e. The van der Waals surface area contributed by atoms with Crippen LogP contribution in [-0.2, 0) is 4.79 Å². The lowest BCUT2D eigenvalue weighted by Crippen LogP contribution is -3.15. The molecule has 0 aliphatic carbocycles. The Morgan fingerprint density at radius 1 is 1.19 bits per heavy atom. The highest BCUT2D eigenvalue weighted by Crippen LogP contribution is 2.18. The van der Waals surface area contributed by atoms with Gasteiger partial charge in [0.2, 0.25) is 0 Å². The van der Waals surface area contributed by atoms with E-state index in [0.717, 1.165) is 37.4 Å². The topological polar surface area (TPSA) is 53.9 Å². The van der Waals surface area contributed by atoms with Gasteiger partial charge in [-0.25, -0.2) is 0 Å². The van der Waals surface area contributed by atoms with Crippen molar-refractivity contribution in [2.24, 2.45) is 0 Å². The quantitative estimate of drug-likeness (QED) is 0.756. The smallest absolute Gasteiger partial charge is 0.275 e. The van der Waals surface area contributed by atoms with Crippen LogP contribution < -0.4 is 15.1 Å². The minimum absolute atomic E-state index is 0.0722. The Morgan fingerprint density at radius 3 is 2.46 bits per heavy atom. The highest BCUT2D eigenvalue weighted by atomic mass is 32.1. The summed E-state index contributed by atoms with van der Waals surface area (Å²) in [6, 6.07) is 11.9. The summed E-state index contributed by atoms with van der Waals surface area (Å²) in [4.78, 5) is 28.5. The molecule has 1 aromatic carbocycles. The predicted octanol–water partition coefficient (Wildman–Crippen LogP) is 1.53. The van der Waals surface area contributed by atoms with Crippen LogP contribution in [0.2, 0.25) is 0 Å². The van der Waals surface area contributed by atoms with E-state index in [-0.39, 0.29) is 17.7 Å². The number of carbonyl (C=O) groups excluding carboxylic acids is 2. The average Bonchev–Trinajstić information content (AvgIpc) is 3.17. The van der Waals surface area contributed by atoms with Crippen LogP contribution in [0, 0.1) is 0 Å². The Bertz CT molecular complexity index is 735. The molecule has 1 atom stereocenters. The number of hydrogen-bond acceptors (Lipinski definition) is 4. The lowest BCUT2D eigenvalue weighted by Gasteiger charge is -2.33. The molecule has 0 bridgehead atoms. The fourth-order valence-corrected chi connectivity index (χ4v) is 4.03. The standard InChI is InChI=1S/C20H25N3O2S/c1-15(19-4-3-13-26-19)21-20(25)14-22-9-11-23(12-10-22)18-7-5-17(6-8-18)16(2)24/h3-8,13,15H,9-12,14H2,1-2H3,(H,21,25)/p+1/t15-/m1/s1. The summed E-state index contributed by atoms with van der Waals surface area (Å²) in [5.41, 5.74) is 1.89. The van der Waals surface area contributed by atoms with E-state index in [1.54, 1.807) is 18.3 Å². The first-order chi connectivity index (χ1) is 12.5. The van der Waals surface area contributed by atoms with Crippen molar-refractivity contribution < 1.29 is 14.5 Å². The summed E-state index contributed by atoms with van der Waals surface area (Å²) < 4.78 is 0. The van der Waals surface area contributed by atoms with Gasteiger partial charge < -0.3 is 15.1 Å². The fraction of sp³-hybridized carbons (Fsp3) is 0.400. The number of Topliss-reactive ketones (excluding diaryl/α,β-unsaturated/α-hetero) is 1. The molecule has 1 saturated heterocycles. The zero-order chi connectivity index (χ0) is 18.5. The molecule has 1 fully saturated rings. The monoisotopic (exact) mass is 372 g/mol. The molecule has 26 heavy (non-hydrogen) atoms. The first-order valence-corrected chi connectivity index (χ1v) is 9.93. The Morgan fingerprint density at radius 2 is 1.88 bits per heavy atom. The summed E-state index contributed by atoms with van der Waals surface area (Å²) in [5, 5.41) is 5.13. The van der Waals surface area contributed by atoms with E-state index in [9.17, 15) is 9.59 Å². The molecule has 2 heterocycles. The van der Waals surface area contributed by atoms with Crippen molar-refractivity contribution in [2.75, 3.05) is 37.6 Å². The molecule has 0 unspecified atom stereocenters. The second-order valence-corrected chi connectivity index (χ2v) is 7.80. The van der Waals surface area contributed by atoms with Crippen molar-refractivity contribution in [3.63, 3.8) is 0 Å². The normalized spacial score (nSPS) is 16.3. The number of piperazine rings is 1. The van der Waals surface area contributed by atoms with E-state index < -0.39 is 0 Å². The Labute approximate surface area is 158 Å². The van der Waals surface area contributed by atoms with E-state index in [2.05, 4.69) is 16.3 Å². The SMILES string of the molecule is CC(=O)c1ccc(N2CC[NH+](CC(=O)N[C@H](C)c3cccs3)CC2)cc1. The van der Waals surface area contributed by atoms with Gasteiger partial charge in [-0.2, -0.15) is 0 Å². The Balaban J connectivity index is 1.46. The zero-order valence-corrected chi connectivity index (χ0v) is 16.1. The van der Waals surface area contributed by atoms with Crippen LogP contribution in [0.4, 0.5) is 5.69 Å². The van der Waals surface area contributed by atoms with Crippen molar-refractivity contribution in [1.82, 2.24) is 5.32 Å². The minimum Gasteiger partial charge on any atom is -0.360 e. The van der Waals surface area contributed by atoms with Gasteiger partial charge in [0.15, 0.2) is 12.3 Å².